The molecule has 0 aliphatic heterocycles. The summed E-state index contributed by atoms with van der Waals surface area (Å²) in [6, 6.07) is 3.89. The number of fused-ring (bicyclic) bond motifs is 1. The SMILES string of the molecule is COCC(C)(NC(=O)c1oc2c(C)ccc(C)c2c1C)C(=O)O. The number of nitrogens with one attached hydrogen (secondary N) is 1. The second-order valence-electron chi connectivity index (χ2n) is 5.98. The van der Waals surface area contributed by atoms with E-state index in [0.29, 0.717) is 11.1 Å². The molecule has 2 rings (SSSR count). The Morgan fingerprint density at radius 1 is 1.26 bits per heavy atom. The van der Waals surface area contributed by atoms with Crippen LogP contribution in [0.2, 0.25) is 0 Å². The standard InChI is InChI=1S/C17H21NO5/c1-9-6-7-10(2)13-12(9)11(3)14(23-13)15(19)18-17(4,8-22-5)16(20)21/h6-7H,8H2,1-5H3,(H,18,19)(H,20,21). The highest BCUT2D eigenvalue weighted by molar-refractivity contribution is 6.02. The fourth-order valence-electron chi connectivity index (χ4n) is 2.64. The highest BCUT2D eigenvalue weighted by Crippen LogP contribution is 2.30. The molecule has 1 heterocycles. The molecule has 0 fully saturated rings. The van der Waals surface area contributed by atoms with E-state index in [0.717, 1.165) is 16.5 Å². The second kappa shape index (κ2) is 6.04. The number of carboxylic acids is 1. The molecule has 1 aromatic heterocycles. The van der Waals surface area contributed by atoms with Crippen LogP contribution in [0.3, 0.4) is 0 Å². The second-order valence-corrected chi connectivity index (χ2v) is 5.98. The molecule has 124 valence electrons. The Morgan fingerprint density at radius 2 is 1.87 bits per heavy atom. The lowest BCUT2D eigenvalue weighted by atomic mass is 10.0. The molecular formula is C17H21NO5. The van der Waals surface area contributed by atoms with Crippen molar-refractivity contribution >= 4 is 22.8 Å². The van der Waals surface area contributed by atoms with Gasteiger partial charge in [-0.3, -0.25) is 4.79 Å². The minimum absolute atomic E-state index is 0.126. The molecule has 0 radical (unpaired) electrons. The number of hydrogen-bond donors (Lipinski definition) is 2. The molecule has 0 bridgehead atoms. The number of carboxylic acid groups (broad SMARTS) is 1. The Labute approximate surface area is 134 Å². The van der Waals surface area contributed by atoms with Crippen LogP contribution in [0.5, 0.6) is 0 Å². The van der Waals surface area contributed by atoms with Crippen molar-refractivity contribution in [1.82, 2.24) is 5.32 Å². The van der Waals surface area contributed by atoms with Crippen LogP contribution >= 0.6 is 0 Å². The predicted octanol–water partition coefficient (Wildman–Crippen LogP) is 2.58. The quantitative estimate of drug-likeness (QED) is 0.884. The lowest BCUT2D eigenvalue weighted by Gasteiger charge is -2.24. The summed E-state index contributed by atoms with van der Waals surface area (Å²) in [6.45, 7) is 6.88. The van der Waals surface area contributed by atoms with Crippen molar-refractivity contribution < 1.29 is 23.8 Å². The molecule has 2 aromatic rings. The van der Waals surface area contributed by atoms with Gasteiger partial charge in [0.1, 0.15) is 5.58 Å². The molecule has 1 amide bonds. The lowest BCUT2D eigenvalue weighted by molar-refractivity contribution is -0.145. The summed E-state index contributed by atoms with van der Waals surface area (Å²) in [4.78, 5) is 23.9. The van der Waals surface area contributed by atoms with Gasteiger partial charge in [0.05, 0.1) is 6.61 Å². The first kappa shape index (κ1) is 17.0. The van der Waals surface area contributed by atoms with Gasteiger partial charge in [0.15, 0.2) is 11.3 Å². The Balaban J connectivity index is 2.46. The van der Waals surface area contributed by atoms with Crippen molar-refractivity contribution in [3.63, 3.8) is 0 Å². The molecule has 0 spiro atoms. The fraction of sp³-hybridized carbons (Fsp3) is 0.412. The van der Waals surface area contributed by atoms with E-state index in [1.54, 1.807) is 6.92 Å². The van der Waals surface area contributed by atoms with E-state index in [2.05, 4.69) is 5.32 Å². The number of benzene rings is 1. The van der Waals surface area contributed by atoms with Crippen molar-refractivity contribution in [2.45, 2.75) is 33.2 Å². The fourth-order valence-corrected chi connectivity index (χ4v) is 2.64. The topological polar surface area (TPSA) is 88.8 Å². The maximum absolute atomic E-state index is 12.5. The van der Waals surface area contributed by atoms with Crippen LogP contribution in [0.1, 0.15) is 34.2 Å². The van der Waals surface area contributed by atoms with Crippen LogP contribution in [0.25, 0.3) is 11.0 Å². The van der Waals surface area contributed by atoms with Gasteiger partial charge in [-0.15, -0.1) is 0 Å². The van der Waals surface area contributed by atoms with Gasteiger partial charge in [0, 0.05) is 18.1 Å². The van der Waals surface area contributed by atoms with Crippen LogP contribution in [-0.2, 0) is 9.53 Å². The van der Waals surface area contributed by atoms with Gasteiger partial charge < -0.3 is 19.6 Å². The molecular weight excluding hydrogens is 298 g/mol. The number of furan rings is 1. The van der Waals surface area contributed by atoms with Crippen molar-refractivity contribution in [2.24, 2.45) is 0 Å². The van der Waals surface area contributed by atoms with E-state index in [4.69, 9.17) is 9.15 Å². The summed E-state index contributed by atoms with van der Waals surface area (Å²) < 4.78 is 10.6. The normalized spacial score (nSPS) is 13.8. The largest absolute Gasteiger partial charge is 0.479 e. The summed E-state index contributed by atoms with van der Waals surface area (Å²) in [6.07, 6.45) is 0. The highest BCUT2D eigenvalue weighted by atomic mass is 16.5. The number of aryl methyl sites for hydroxylation is 3. The Morgan fingerprint density at radius 3 is 2.39 bits per heavy atom. The molecule has 1 aromatic carbocycles. The van der Waals surface area contributed by atoms with Crippen LogP contribution in [0.15, 0.2) is 16.5 Å². The zero-order valence-corrected chi connectivity index (χ0v) is 13.9. The van der Waals surface area contributed by atoms with Gasteiger partial charge in [-0.25, -0.2) is 4.79 Å². The Hall–Kier alpha value is -2.34. The molecule has 1 atom stereocenters. The number of aliphatic carboxylic acids is 1. The molecule has 0 saturated carbocycles. The minimum Gasteiger partial charge on any atom is -0.479 e. The summed E-state index contributed by atoms with van der Waals surface area (Å²) in [5.74, 6) is -1.62. The number of amides is 1. The smallest absolute Gasteiger partial charge is 0.331 e. The van der Waals surface area contributed by atoms with E-state index in [1.165, 1.54) is 14.0 Å². The van der Waals surface area contributed by atoms with Crippen LogP contribution in [0.4, 0.5) is 0 Å². The maximum atomic E-state index is 12.5. The number of ether oxygens (including phenoxy) is 1. The summed E-state index contributed by atoms with van der Waals surface area (Å²) in [7, 11) is 1.38. The Kier molecular flexibility index (Phi) is 4.47. The van der Waals surface area contributed by atoms with Crippen molar-refractivity contribution in [1.29, 1.82) is 0 Å². The third kappa shape index (κ3) is 2.94. The third-order valence-electron chi connectivity index (χ3n) is 3.98. The van der Waals surface area contributed by atoms with Crippen LogP contribution in [0, 0.1) is 20.8 Å². The van der Waals surface area contributed by atoms with Gasteiger partial charge in [-0.2, -0.15) is 0 Å². The van der Waals surface area contributed by atoms with Crippen LogP contribution in [-0.4, -0.2) is 36.2 Å². The third-order valence-corrected chi connectivity index (χ3v) is 3.98. The van der Waals surface area contributed by atoms with E-state index in [-0.39, 0.29) is 12.4 Å². The van der Waals surface area contributed by atoms with Gasteiger partial charge in [-0.05, 0) is 38.8 Å². The zero-order chi connectivity index (χ0) is 17.4. The predicted molar refractivity (Wildman–Crippen MR) is 85.8 cm³/mol. The van der Waals surface area contributed by atoms with Gasteiger partial charge >= 0.3 is 5.97 Å². The molecule has 0 saturated heterocycles. The molecule has 0 aliphatic rings. The van der Waals surface area contributed by atoms with E-state index in [9.17, 15) is 14.7 Å². The number of methoxy groups -OCH3 is 1. The lowest BCUT2D eigenvalue weighted by Crippen LogP contribution is -2.55. The molecule has 6 nitrogen and oxygen atoms in total. The summed E-state index contributed by atoms with van der Waals surface area (Å²) in [5, 5.41) is 12.7. The molecule has 23 heavy (non-hydrogen) atoms. The first-order valence-electron chi connectivity index (χ1n) is 7.25. The van der Waals surface area contributed by atoms with Gasteiger partial charge in [0.25, 0.3) is 5.91 Å². The summed E-state index contributed by atoms with van der Waals surface area (Å²) in [5.41, 5.74) is 1.75. The number of carbonyl (C=O) groups is 2. The average Bonchev–Trinajstić information content (AvgIpc) is 2.82. The van der Waals surface area contributed by atoms with Crippen molar-refractivity contribution in [3.8, 4) is 0 Å². The van der Waals surface area contributed by atoms with E-state index >= 15 is 0 Å². The Bertz CT molecular complexity index is 777. The molecule has 0 aliphatic carbocycles. The maximum Gasteiger partial charge on any atom is 0.331 e. The number of hydrogen-bond acceptors (Lipinski definition) is 4. The van der Waals surface area contributed by atoms with Crippen molar-refractivity contribution in [3.05, 3.63) is 34.6 Å². The molecule has 6 heteroatoms. The molecule has 2 N–H and O–H groups in total. The zero-order valence-electron chi connectivity index (χ0n) is 13.9. The highest BCUT2D eigenvalue weighted by Gasteiger charge is 2.36. The van der Waals surface area contributed by atoms with Crippen molar-refractivity contribution in [2.75, 3.05) is 13.7 Å². The van der Waals surface area contributed by atoms with Gasteiger partial charge in [-0.1, -0.05) is 12.1 Å². The molecule has 1 unspecified atom stereocenters. The number of rotatable bonds is 5. The van der Waals surface area contributed by atoms with E-state index < -0.39 is 17.4 Å². The average molecular weight is 319 g/mol. The monoisotopic (exact) mass is 319 g/mol. The number of carbonyl (C=O) groups excluding carboxylic acids is 1. The van der Waals surface area contributed by atoms with Gasteiger partial charge in [0.2, 0.25) is 0 Å². The van der Waals surface area contributed by atoms with Crippen LogP contribution < -0.4 is 5.32 Å². The first-order chi connectivity index (χ1) is 10.7. The van der Waals surface area contributed by atoms with E-state index in [1.807, 2.05) is 26.0 Å². The first-order valence-corrected chi connectivity index (χ1v) is 7.25. The minimum atomic E-state index is -1.53. The summed E-state index contributed by atoms with van der Waals surface area (Å²) >= 11 is 0.